The lowest BCUT2D eigenvalue weighted by molar-refractivity contribution is -0.137. The second-order valence-corrected chi connectivity index (χ2v) is 7.12. The maximum Gasteiger partial charge on any atom is 0.418 e. The van der Waals surface area contributed by atoms with E-state index in [2.05, 4.69) is 26.2 Å². The molecule has 3 aromatic rings. The summed E-state index contributed by atoms with van der Waals surface area (Å²) in [5.74, 6) is -0.420. The van der Waals surface area contributed by atoms with Crippen molar-refractivity contribution in [1.82, 2.24) is 25.1 Å². The molecule has 166 valence electrons. The highest BCUT2D eigenvalue weighted by atomic mass is 19.4. The number of nitrogens with one attached hydrogen (secondary N) is 2. The molecule has 0 radical (unpaired) electrons. The number of halogens is 3. The molecule has 2 aromatic carbocycles. The van der Waals surface area contributed by atoms with Crippen molar-refractivity contribution < 1.29 is 22.8 Å². The van der Waals surface area contributed by atoms with Crippen LogP contribution >= 0.6 is 0 Å². The van der Waals surface area contributed by atoms with Gasteiger partial charge in [0, 0.05) is 12.2 Å². The Morgan fingerprint density at radius 3 is 2.47 bits per heavy atom. The lowest BCUT2D eigenvalue weighted by Crippen LogP contribution is -2.45. The van der Waals surface area contributed by atoms with Gasteiger partial charge in [-0.15, -0.1) is 5.10 Å². The average molecular weight is 445 g/mol. The van der Waals surface area contributed by atoms with Crippen molar-refractivity contribution in [3.63, 3.8) is 0 Å². The van der Waals surface area contributed by atoms with Gasteiger partial charge in [-0.1, -0.05) is 12.1 Å². The quantitative estimate of drug-likeness (QED) is 0.641. The molecule has 1 aliphatic rings. The molecule has 9 nitrogen and oxygen atoms in total. The molecule has 3 amide bonds. The van der Waals surface area contributed by atoms with Gasteiger partial charge in [-0.25, -0.2) is 9.48 Å². The maximum absolute atomic E-state index is 13.2. The van der Waals surface area contributed by atoms with Crippen LogP contribution in [0.1, 0.15) is 18.4 Å². The number of carbonyl (C=O) groups is 2. The van der Waals surface area contributed by atoms with Crippen LogP contribution in [0.25, 0.3) is 5.69 Å². The predicted molar refractivity (Wildman–Crippen MR) is 108 cm³/mol. The molecule has 1 atom stereocenters. The van der Waals surface area contributed by atoms with Gasteiger partial charge in [0.25, 0.3) is 0 Å². The fraction of sp³-hybridized carbons (Fsp3) is 0.250. The van der Waals surface area contributed by atoms with Crippen molar-refractivity contribution in [3.05, 3.63) is 60.4 Å². The number of tetrazole rings is 1. The standard InChI is InChI=1S/C20H18F3N7O2/c21-20(22,23)15-4-1-2-5-16(15)26-19(32)29-11-3-6-17(29)18(31)25-13-7-9-14(10-8-13)30-12-24-27-28-30/h1-2,4-5,7-10,12,17H,3,6,11H2,(H,25,31)(H,26,32). The van der Waals surface area contributed by atoms with Gasteiger partial charge < -0.3 is 15.5 Å². The number of anilines is 2. The van der Waals surface area contributed by atoms with Crippen LogP contribution in [-0.4, -0.2) is 49.6 Å². The summed E-state index contributed by atoms with van der Waals surface area (Å²) in [4.78, 5) is 26.7. The van der Waals surface area contributed by atoms with Gasteiger partial charge in [-0.05, 0) is 59.7 Å². The van der Waals surface area contributed by atoms with E-state index in [0.29, 0.717) is 24.2 Å². The number of urea groups is 1. The first-order valence-electron chi connectivity index (χ1n) is 9.71. The summed E-state index contributed by atoms with van der Waals surface area (Å²) in [5.41, 5.74) is -0.106. The van der Waals surface area contributed by atoms with Gasteiger partial charge in [0.2, 0.25) is 5.91 Å². The van der Waals surface area contributed by atoms with E-state index in [1.54, 1.807) is 24.3 Å². The first-order valence-corrected chi connectivity index (χ1v) is 9.71. The van der Waals surface area contributed by atoms with E-state index in [4.69, 9.17) is 0 Å². The molecule has 1 aliphatic heterocycles. The molecular weight excluding hydrogens is 427 g/mol. The lowest BCUT2D eigenvalue weighted by atomic mass is 10.1. The van der Waals surface area contributed by atoms with Crippen molar-refractivity contribution in [1.29, 1.82) is 0 Å². The second-order valence-electron chi connectivity index (χ2n) is 7.12. The monoisotopic (exact) mass is 445 g/mol. The first kappa shape index (κ1) is 21.3. The Balaban J connectivity index is 1.43. The number of para-hydroxylation sites is 1. The highest BCUT2D eigenvalue weighted by molar-refractivity contribution is 5.99. The number of nitrogens with zero attached hydrogens (tertiary/aromatic N) is 5. The van der Waals surface area contributed by atoms with Gasteiger partial charge >= 0.3 is 12.2 Å². The number of rotatable bonds is 4. The minimum absolute atomic E-state index is 0.260. The van der Waals surface area contributed by atoms with Gasteiger partial charge in [0.15, 0.2) is 0 Å². The normalized spacial score (nSPS) is 16.1. The highest BCUT2D eigenvalue weighted by Crippen LogP contribution is 2.35. The summed E-state index contributed by atoms with van der Waals surface area (Å²) in [6, 6.07) is 9.90. The second kappa shape index (κ2) is 8.65. The number of alkyl halides is 3. The molecule has 1 fully saturated rings. The number of aromatic nitrogens is 4. The summed E-state index contributed by atoms with van der Waals surface area (Å²) >= 11 is 0. The molecule has 0 aliphatic carbocycles. The summed E-state index contributed by atoms with van der Waals surface area (Å²) in [7, 11) is 0. The van der Waals surface area contributed by atoms with E-state index < -0.39 is 29.7 Å². The Morgan fingerprint density at radius 2 is 1.78 bits per heavy atom. The van der Waals surface area contributed by atoms with Crippen LogP contribution in [-0.2, 0) is 11.0 Å². The van der Waals surface area contributed by atoms with Gasteiger partial charge in [-0.2, -0.15) is 13.2 Å². The zero-order valence-corrected chi connectivity index (χ0v) is 16.6. The van der Waals surface area contributed by atoms with Crippen molar-refractivity contribution in [2.75, 3.05) is 17.2 Å². The minimum atomic E-state index is -4.61. The Labute approximate surface area is 180 Å². The fourth-order valence-corrected chi connectivity index (χ4v) is 3.51. The largest absolute Gasteiger partial charge is 0.418 e. The molecule has 2 N–H and O–H groups in total. The smallest absolute Gasteiger partial charge is 0.324 e. The summed E-state index contributed by atoms with van der Waals surface area (Å²) < 4.78 is 41.1. The van der Waals surface area contributed by atoms with Crippen molar-refractivity contribution >= 4 is 23.3 Å². The Morgan fingerprint density at radius 1 is 1.03 bits per heavy atom. The van der Waals surface area contributed by atoms with Gasteiger partial charge in [0.1, 0.15) is 12.4 Å². The average Bonchev–Trinajstić information content (AvgIpc) is 3.46. The third-order valence-corrected chi connectivity index (χ3v) is 5.04. The molecule has 1 saturated heterocycles. The van der Waals surface area contributed by atoms with Crippen LogP contribution in [0.3, 0.4) is 0 Å². The van der Waals surface area contributed by atoms with Crippen molar-refractivity contribution in [3.8, 4) is 5.69 Å². The van der Waals surface area contributed by atoms with Gasteiger partial charge in [0.05, 0.1) is 16.9 Å². The van der Waals surface area contributed by atoms with Crippen molar-refractivity contribution in [2.45, 2.75) is 25.1 Å². The number of likely N-dealkylation sites (tertiary alicyclic amines) is 1. The van der Waals surface area contributed by atoms with Crippen LogP contribution in [0.15, 0.2) is 54.9 Å². The zero-order valence-electron chi connectivity index (χ0n) is 16.6. The molecule has 1 unspecified atom stereocenters. The van der Waals surface area contributed by atoms with Crippen LogP contribution in [0.2, 0.25) is 0 Å². The number of amides is 3. The molecule has 0 bridgehead atoms. The Bertz CT molecular complexity index is 1100. The number of benzene rings is 2. The lowest BCUT2D eigenvalue weighted by Gasteiger charge is -2.25. The summed E-state index contributed by atoms with van der Waals surface area (Å²) in [5, 5.41) is 15.9. The molecule has 1 aromatic heterocycles. The number of hydrogen-bond acceptors (Lipinski definition) is 5. The zero-order chi connectivity index (χ0) is 22.7. The SMILES string of the molecule is O=C(Nc1ccc(-n2cnnn2)cc1)C1CCCN1C(=O)Nc1ccccc1C(F)(F)F. The first-order chi connectivity index (χ1) is 15.3. The molecular formula is C20H18F3N7O2. The highest BCUT2D eigenvalue weighted by Gasteiger charge is 2.37. The Hall–Kier alpha value is -3.96. The van der Waals surface area contributed by atoms with E-state index in [1.807, 2.05) is 0 Å². The molecule has 12 heteroatoms. The van der Waals surface area contributed by atoms with Crippen LogP contribution in [0, 0.1) is 0 Å². The molecule has 4 rings (SSSR count). The van der Waals surface area contributed by atoms with Crippen molar-refractivity contribution in [2.24, 2.45) is 0 Å². The van der Waals surface area contributed by atoms with Crippen LogP contribution in [0.5, 0.6) is 0 Å². The molecule has 0 saturated carbocycles. The summed E-state index contributed by atoms with van der Waals surface area (Å²) in [6.07, 6.45) is -2.22. The molecule has 2 heterocycles. The van der Waals surface area contributed by atoms with E-state index in [0.717, 1.165) is 6.07 Å². The fourth-order valence-electron chi connectivity index (χ4n) is 3.51. The predicted octanol–water partition coefficient (Wildman–Crippen LogP) is 3.32. The Kier molecular flexibility index (Phi) is 5.75. The van der Waals surface area contributed by atoms with E-state index >= 15 is 0 Å². The number of carbonyl (C=O) groups excluding carboxylic acids is 2. The third-order valence-electron chi connectivity index (χ3n) is 5.04. The maximum atomic E-state index is 13.2. The van der Waals surface area contributed by atoms with E-state index in [9.17, 15) is 22.8 Å². The minimum Gasteiger partial charge on any atom is -0.324 e. The van der Waals surface area contributed by atoms with E-state index in [-0.39, 0.29) is 12.2 Å². The third kappa shape index (κ3) is 4.53. The number of hydrogen-bond donors (Lipinski definition) is 2. The molecule has 0 spiro atoms. The van der Waals surface area contributed by atoms with E-state index in [1.165, 1.54) is 34.1 Å². The van der Waals surface area contributed by atoms with Crippen LogP contribution in [0.4, 0.5) is 29.3 Å². The molecule has 32 heavy (non-hydrogen) atoms. The topological polar surface area (TPSA) is 105 Å². The summed E-state index contributed by atoms with van der Waals surface area (Å²) in [6.45, 7) is 0.260. The van der Waals surface area contributed by atoms with Crippen LogP contribution < -0.4 is 10.6 Å². The van der Waals surface area contributed by atoms with Gasteiger partial charge in [-0.3, -0.25) is 4.79 Å².